The molecule has 0 heterocycles. The summed E-state index contributed by atoms with van der Waals surface area (Å²) in [4.78, 5) is 36.8. The number of anilines is 1. The first kappa shape index (κ1) is 21.5. The highest BCUT2D eigenvalue weighted by atomic mass is 32.2. The van der Waals surface area contributed by atoms with Gasteiger partial charge in [-0.2, -0.15) is 0 Å². The van der Waals surface area contributed by atoms with Crippen LogP contribution in [-0.2, 0) is 14.3 Å². The van der Waals surface area contributed by atoms with E-state index < -0.39 is 18.0 Å². The number of carbonyl (C=O) groups excluding carboxylic acids is 3. The zero-order valence-electron chi connectivity index (χ0n) is 16.1. The van der Waals surface area contributed by atoms with Gasteiger partial charge in [-0.1, -0.05) is 24.3 Å². The number of nitrogens with one attached hydrogen (secondary N) is 1. The van der Waals surface area contributed by atoms with E-state index in [0.29, 0.717) is 28.5 Å². The Hall–Kier alpha value is -2.80. The SMILES string of the molecule is CCOc1ccccc1NC(=O)[C@@H](C)OC(=O)c1ccccc1SCC(C)=O. The molecule has 0 unspecified atom stereocenters. The summed E-state index contributed by atoms with van der Waals surface area (Å²) in [6, 6.07) is 13.9. The van der Waals surface area contributed by atoms with E-state index in [0.717, 1.165) is 0 Å². The first-order valence-corrected chi connectivity index (χ1v) is 9.85. The Morgan fingerprint density at radius 3 is 2.46 bits per heavy atom. The number of ketones is 1. The lowest BCUT2D eigenvalue weighted by Crippen LogP contribution is -2.30. The summed E-state index contributed by atoms with van der Waals surface area (Å²) < 4.78 is 10.8. The standard InChI is InChI=1S/C21H23NO5S/c1-4-26-18-11-7-6-10-17(18)22-20(24)15(3)27-21(25)16-9-5-8-12-19(16)28-13-14(2)23/h5-12,15H,4,13H2,1-3H3,(H,22,24)/t15-/m1/s1. The lowest BCUT2D eigenvalue weighted by atomic mass is 10.2. The molecule has 1 atom stereocenters. The van der Waals surface area contributed by atoms with E-state index in [1.165, 1.54) is 25.6 Å². The van der Waals surface area contributed by atoms with E-state index in [-0.39, 0.29) is 11.5 Å². The zero-order valence-corrected chi connectivity index (χ0v) is 16.9. The van der Waals surface area contributed by atoms with Crippen LogP contribution >= 0.6 is 11.8 Å². The molecule has 0 fully saturated rings. The number of esters is 1. The van der Waals surface area contributed by atoms with Crippen molar-refractivity contribution in [3.8, 4) is 5.75 Å². The molecule has 28 heavy (non-hydrogen) atoms. The van der Waals surface area contributed by atoms with Gasteiger partial charge in [0.05, 0.1) is 23.6 Å². The minimum absolute atomic E-state index is 0.00822. The number of ether oxygens (including phenoxy) is 2. The fraction of sp³-hybridized carbons (Fsp3) is 0.286. The van der Waals surface area contributed by atoms with Gasteiger partial charge in [-0.15, -0.1) is 11.8 Å². The van der Waals surface area contributed by atoms with Crippen molar-refractivity contribution >= 4 is 35.1 Å². The molecular formula is C21H23NO5S. The van der Waals surface area contributed by atoms with E-state index in [1.54, 1.807) is 48.5 Å². The van der Waals surface area contributed by atoms with E-state index in [1.807, 2.05) is 6.92 Å². The molecule has 2 aromatic rings. The second-order valence-electron chi connectivity index (χ2n) is 5.95. The number of amides is 1. The first-order chi connectivity index (χ1) is 13.4. The predicted molar refractivity (Wildman–Crippen MR) is 109 cm³/mol. The Morgan fingerprint density at radius 2 is 1.75 bits per heavy atom. The Labute approximate surface area is 168 Å². The summed E-state index contributed by atoms with van der Waals surface area (Å²) in [5.74, 6) is -0.271. The number of para-hydroxylation sites is 2. The van der Waals surface area contributed by atoms with Gasteiger partial charge in [0.2, 0.25) is 0 Å². The van der Waals surface area contributed by atoms with Crippen LogP contribution in [0.25, 0.3) is 0 Å². The highest BCUT2D eigenvalue weighted by Crippen LogP contribution is 2.25. The Kier molecular flexibility index (Phi) is 8.07. The molecule has 2 aromatic carbocycles. The molecule has 0 aromatic heterocycles. The van der Waals surface area contributed by atoms with Crippen molar-refractivity contribution in [1.29, 1.82) is 0 Å². The van der Waals surface area contributed by atoms with Crippen molar-refractivity contribution in [2.75, 3.05) is 17.7 Å². The number of benzene rings is 2. The van der Waals surface area contributed by atoms with E-state index >= 15 is 0 Å². The van der Waals surface area contributed by atoms with Gasteiger partial charge in [-0.05, 0) is 45.0 Å². The number of hydrogen-bond donors (Lipinski definition) is 1. The largest absolute Gasteiger partial charge is 0.492 e. The van der Waals surface area contributed by atoms with Crippen LogP contribution in [0.1, 0.15) is 31.1 Å². The van der Waals surface area contributed by atoms with Crippen molar-refractivity contribution in [3.63, 3.8) is 0 Å². The summed E-state index contributed by atoms with van der Waals surface area (Å²) in [5, 5.41) is 2.72. The topological polar surface area (TPSA) is 81.7 Å². The molecule has 0 aliphatic rings. The first-order valence-electron chi connectivity index (χ1n) is 8.87. The Morgan fingerprint density at radius 1 is 1.07 bits per heavy atom. The molecular weight excluding hydrogens is 378 g/mol. The van der Waals surface area contributed by atoms with Crippen molar-refractivity contribution in [2.24, 2.45) is 0 Å². The molecule has 148 valence electrons. The molecule has 0 radical (unpaired) electrons. The van der Waals surface area contributed by atoms with Gasteiger partial charge in [-0.3, -0.25) is 9.59 Å². The third kappa shape index (κ3) is 6.13. The van der Waals surface area contributed by atoms with Crippen molar-refractivity contribution in [2.45, 2.75) is 31.8 Å². The molecule has 0 bridgehead atoms. The van der Waals surface area contributed by atoms with E-state index in [9.17, 15) is 14.4 Å². The normalized spacial score (nSPS) is 11.4. The second kappa shape index (κ2) is 10.5. The van der Waals surface area contributed by atoms with Crippen LogP contribution in [0, 0.1) is 0 Å². The van der Waals surface area contributed by atoms with Crippen LogP contribution in [0.5, 0.6) is 5.75 Å². The van der Waals surface area contributed by atoms with Crippen LogP contribution in [0.2, 0.25) is 0 Å². The molecule has 2 rings (SSSR count). The van der Waals surface area contributed by atoms with Crippen molar-refractivity contribution in [1.82, 2.24) is 0 Å². The maximum absolute atomic E-state index is 12.5. The van der Waals surface area contributed by atoms with Crippen LogP contribution < -0.4 is 10.1 Å². The lowest BCUT2D eigenvalue weighted by molar-refractivity contribution is -0.123. The molecule has 0 aliphatic heterocycles. The van der Waals surface area contributed by atoms with Crippen molar-refractivity contribution in [3.05, 3.63) is 54.1 Å². The lowest BCUT2D eigenvalue weighted by Gasteiger charge is -2.16. The average Bonchev–Trinajstić information content (AvgIpc) is 2.68. The maximum atomic E-state index is 12.5. The van der Waals surface area contributed by atoms with Gasteiger partial charge < -0.3 is 14.8 Å². The zero-order chi connectivity index (χ0) is 20.5. The predicted octanol–water partition coefficient (Wildman–Crippen LogP) is 3.95. The van der Waals surface area contributed by atoms with Gasteiger partial charge in [0, 0.05) is 4.90 Å². The third-order valence-corrected chi connectivity index (χ3v) is 4.85. The molecule has 1 N–H and O–H groups in total. The van der Waals surface area contributed by atoms with Gasteiger partial charge in [0.1, 0.15) is 11.5 Å². The van der Waals surface area contributed by atoms with E-state index in [4.69, 9.17) is 9.47 Å². The Bertz CT molecular complexity index is 852. The molecule has 0 aliphatic carbocycles. The van der Waals surface area contributed by atoms with Crippen LogP contribution in [0.3, 0.4) is 0 Å². The van der Waals surface area contributed by atoms with Crippen LogP contribution in [0.4, 0.5) is 5.69 Å². The molecule has 0 saturated carbocycles. The monoisotopic (exact) mass is 401 g/mol. The van der Waals surface area contributed by atoms with Gasteiger partial charge >= 0.3 is 5.97 Å². The number of thioether (sulfide) groups is 1. The number of carbonyl (C=O) groups is 3. The van der Waals surface area contributed by atoms with Crippen LogP contribution in [-0.4, -0.2) is 36.1 Å². The quantitative estimate of drug-likeness (QED) is 0.506. The smallest absolute Gasteiger partial charge is 0.340 e. The fourth-order valence-corrected chi connectivity index (χ4v) is 3.14. The molecule has 6 nitrogen and oxygen atoms in total. The summed E-state index contributed by atoms with van der Waals surface area (Å²) in [6.07, 6.45) is -1.01. The minimum Gasteiger partial charge on any atom is -0.492 e. The number of hydrogen-bond acceptors (Lipinski definition) is 6. The third-order valence-electron chi connectivity index (χ3n) is 3.64. The Balaban J connectivity index is 2.04. The summed E-state index contributed by atoms with van der Waals surface area (Å²) >= 11 is 1.26. The summed E-state index contributed by atoms with van der Waals surface area (Å²) in [7, 11) is 0. The van der Waals surface area contributed by atoms with Gasteiger partial charge in [0.15, 0.2) is 6.10 Å². The van der Waals surface area contributed by atoms with E-state index in [2.05, 4.69) is 5.32 Å². The summed E-state index contributed by atoms with van der Waals surface area (Å²) in [5.41, 5.74) is 0.831. The second-order valence-corrected chi connectivity index (χ2v) is 6.97. The fourth-order valence-electron chi connectivity index (χ4n) is 2.30. The molecule has 7 heteroatoms. The number of rotatable bonds is 9. The molecule has 1 amide bonds. The van der Waals surface area contributed by atoms with Gasteiger partial charge in [0.25, 0.3) is 5.91 Å². The van der Waals surface area contributed by atoms with Crippen molar-refractivity contribution < 1.29 is 23.9 Å². The summed E-state index contributed by atoms with van der Waals surface area (Å²) in [6.45, 7) is 5.30. The highest BCUT2D eigenvalue weighted by molar-refractivity contribution is 8.00. The average molecular weight is 401 g/mol. The molecule has 0 spiro atoms. The molecule has 0 saturated heterocycles. The minimum atomic E-state index is -1.01. The number of Topliss-reactive ketones (excluding diaryl/α,β-unsaturated/α-hetero) is 1. The van der Waals surface area contributed by atoms with Crippen LogP contribution in [0.15, 0.2) is 53.4 Å². The maximum Gasteiger partial charge on any atom is 0.340 e. The highest BCUT2D eigenvalue weighted by Gasteiger charge is 2.22. The van der Waals surface area contributed by atoms with Gasteiger partial charge in [-0.25, -0.2) is 4.79 Å².